The smallest absolute Gasteiger partial charge is 0.214 e. The molecule has 0 saturated carbocycles. The number of hydrogen-bond acceptors (Lipinski definition) is 0. The van der Waals surface area contributed by atoms with Crippen molar-refractivity contribution in [2.24, 2.45) is 0 Å². The van der Waals surface area contributed by atoms with Crippen molar-refractivity contribution in [2.75, 3.05) is 0 Å². The zero-order valence-electron chi connectivity index (χ0n) is 19.5. The largest absolute Gasteiger partial charge is 2.00 e. The molecule has 0 unspecified atom stereocenters. The van der Waals surface area contributed by atoms with Crippen LogP contribution < -0.4 is 0 Å². The molecule has 0 fully saturated rings. The second kappa shape index (κ2) is 21.0. The maximum Gasteiger partial charge on any atom is 2.00 e. The normalized spacial score (nSPS) is 8.69. The average molecular weight is 582 g/mol. The third-order valence-electron chi connectivity index (χ3n) is 4.93. The molecule has 6 rings (SSSR count). The molecule has 6 aromatic rings. The zero-order chi connectivity index (χ0) is 22.1. The van der Waals surface area contributed by atoms with Gasteiger partial charge in [-0.3, -0.25) is 0 Å². The molecule has 0 saturated heterocycles. The van der Waals surface area contributed by atoms with E-state index in [-0.39, 0.29) is 51.2 Å². The van der Waals surface area contributed by atoms with Crippen LogP contribution in [-0.4, -0.2) is 0 Å². The quantitative estimate of drug-likeness (QED) is 0.145. The Morgan fingerprint density at radius 1 is 0.457 bits per heavy atom. The molecule has 0 amide bonds. The van der Waals surface area contributed by atoms with Crippen LogP contribution in [-0.2, 0) is 64.0 Å². The van der Waals surface area contributed by atoms with Crippen LogP contribution in [0.15, 0.2) is 158 Å². The van der Waals surface area contributed by atoms with Crippen molar-refractivity contribution in [3.05, 3.63) is 180 Å². The Hall–Kier alpha value is -2.34. The van der Waals surface area contributed by atoms with Crippen molar-refractivity contribution in [1.29, 1.82) is 0 Å². The Balaban J connectivity index is 0.000000529. The van der Waals surface area contributed by atoms with Crippen molar-refractivity contribution in [1.82, 2.24) is 0 Å². The first-order valence-electron chi connectivity index (χ1n) is 11.1. The van der Waals surface area contributed by atoms with Gasteiger partial charge in [0.1, 0.15) is 0 Å². The molecule has 0 spiro atoms. The minimum absolute atomic E-state index is 0. The summed E-state index contributed by atoms with van der Waals surface area (Å²) in [7, 11) is 0. The summed E-state index contributed by atoms with van der Waals surface area (Å²) < 4.78 is 0. The van der Waals surface area contributed by atoms with E-state index in [2.05, 4.69) is 66.7 Å². The summed E-state index contributed by atoms with van der Waals surface area (Å²) >= 11 is 0. The second-order valence-corrected chi connectivity index (χ2v) is 7.40. The van der Waals surface area contributed by atoms with Crippen molar-refractivity contribution in [2.45, 2.75) is 12.8 Å². The van der Waals surface area contributed by atoms with Gasteiger partial charge in [0.2, 0.25) is 0 Å². The van der Waals surface area contributed by atoms with Crippen molar-refractivity contribution in [3.8, 4) is 0 Å². The van der Waals surface area contributed by atoms with Crippen LogP contribution >= 0.6 is 0 Å². The number of hydrogen-bond donors (Lipinski definition) is 0. The summed E-state index contributed by atoms with van der Waals surface area (Å²) in [5.41, 5.74) is 5.72. The first-order valence-corrected chi connectivity index (χ1v) is 11.1. The third kappa shape index (κ3) is 14.0. The molecule has 0 atom stereocenters. The van der Waals surface area contributed by atoms with Crippen molar-refractivity contribution < 1.29 is 51.2 Å². The van der Waals surface area contributed by atoms with Crippen LogP contribution in [0.1, 0.15) is 22.3 Å². The molecule has 0 bridgehead atoms. The molecule has 0 N–H and O–H groups in total. The third-order valence-corrected chi connectivity index (χ3v) is 4.93. The van der Waals surface area contributed by atoms with Gasteiger partial charge in [0.05, 0.1) is 0 Å². The summed E-state index contributed by atoms with van der Waals surface area (Å²) in [6.07, 6.45) is 2.10. The van der Waals surface area contributed by atoms with E-state index in [4.69, 9.17) is 0 Å². The van der Waals surface area contributed by atoms with Crippen LogP contribution in [0.25, 0.3) is 0 Å². The SMILES string of the molecule is [Fe+2].[Fe+2].[Fe+2].c1cc[c-](Cc2ccc[c-]2C[c-]2cccc2)c1.c1cc[cH-]c1.c1cc[cH-]c1.c1cc[cH-]c1. The molecular weight excluding hydrogens is 552 g/mol. The Bertz CT molecular complexity index is 925. The molecule has 0 aliphatic heterocycles. The standard InChI is InChI=1S/C17H15.3C5H5.3Fe/c1-2-7-14(6-1)12-16-10-5-11-17(16)13-15-8-3-4-9-15;3*1-2-4-5-3-1;;;/h1-11H,12-13H2;3*1-5H;;;/q-3;3*-1;3*+2. The predicted octanol–water partition coefficient (Wildman–Crippen LogP) is 8.23. The molecule has 0 aromatic heterocycles. The van der Waals surface area contributed by atoms with Crippen LogP contribution in [0.5, 0.6) is 0 Å². The van der Waals surface area contributed by atoms with Gasteiger partial charge in [-0.2, -0.15) is 107 Å². The molecule has 0 radical (unpaired) electrons. The molecule has 0 aliphatic rings. The van der Waals surface area contributed by atoms with E-state index in [0.29, 0.717) is 0 Å². The molecule has 35 heavy (non-hydrogen) atoms. The first-order chi connectivity index (χ1) is 15.9. The molecule has 182 valence electrons. The fourth-order valence-electron chi connectivity index (χ4n) is 3.30. The van der Waals surface area contributed by atoms with E-state index in [1.54, 1.807) is 0 Å². The Labute approximate surface area is 242 Å². The van der Waals surface area contributed by atoms with E-state index in [0.717, 1.165) is 12.8 Å². The van der Waals surface area contributed by atoms with Gasteiger partial charge < -0.3 is 0 Å². The van der Waals surface area contributed by atoms with Gasteiger partial charge in [-0.1, -0.05) is 12.8 Å². The summed E-state index contributed by atoms with van der Waals surface area (Å²) in [4.78, 5) is 0. The van der Waals surface area contributed by atoms with Crippen LogP contribution in [0, 0.1) is 0 Å². The fraction of sp³-hybridized carbons (Fsp3) is 0.0625. The van der Waals surface area contributed by atoms with E-state index < -0.39 is 0 Å². The summed E-state index contributed by atoms with van der Waals surface area (Å²) in [5.74, 6) is 0. The summed E-state index contributed by atoms with van der Waals surface area (Å²) in [6, 6.07) is 53.8. The Morgan fingerprint density at radius 2 is 0.857 bits per heavy atom. The predicted molar refractivity (Wildman–Crippen MR) is 138 cm³/mol. The van der Waals surface area contributed by atoms with Crippen LogP contribution in [0.3, 0.4) is 0 Å². The van der Waals surface area contributed by atoms with Gasteiger partial charge in [-0.05, 0) is 0 Å². The topological polar surface area (TPSA) is 0 Å². The van der Waals surface area contributed by atoms with E-state index >= 15 is 0 Å². The van der Waals surface area contributed by atoms with Crippen molar-refractivity contribution >= 4 is 0 Å². The summed E-state index contributed by atoms with van der Waals surface area (Å²) in [5, 5.41) is 0. The molecule has 0 aliphatic carbocycles. The fourth-order valence-corrected chi connectivity index (χ4v) is 3.30. The van der Waals surface area contributed by atoms with Gasteiger partial charge in [0.15, 0.2) is 0 Å². The van der Waals surface area contributed by atoms with E-state index in [1.807, 2.05) is 91.0 Å². The van der Waals surface area contributed by atoms with Crippen molar-refractivity contribution in [3.63, 3.8) is 0 Å². The second-order valence-electron chi connectivity index (χ2n) is 7.40. The minimum Gasteiger partial charge on any atom is -0.214 e. The molecule has 6 aromatic carbocycles. The monoisotopic (exact) mass is 582 g/mol. The van der Waals surface area contributed by atoms with Crippen LogP contribution in [0.4, 0.5) is 0 Å². The molecule has 0 heterocycles. The molecular formula is C32H30Fe3. The average Bonchev–Trinajstić information content (AvgIpc) is 3.65. The minimum atomic E-state index is 0. The van der Waals surface area contributed by atoms with Gasteiger partial charge in [0.25, 0.3) is 0 Å². The van der Waals surface area contributed by atoms with E-state index in [1.165, 1.54) is 22.3 Å². The Kier molecular flexibility index (Phi) is 19.6. The van der Waals surface area contributed by atoms with Gasteiger partial charge in [-0.15, -0.1) is 0 Å². The van der Waals surface area contributed by atoms with Gasteiger partial charge >= 0.3 is 51.2 Å². The zero-order valence-corrected chi connectivity index (χ0v) is 22.8. The van der Waals surface area contributed by atoms with E-state index in [9.17, 15) is 0 Å². The van der Waals surface area contributed by atoms with Crippen LogP contribution in [0.2, 0.25) is 0 Å². The first kappa shape index (κ1) is 32.7. The molecule has 3 heteroatoms. The molecule has 0 nitrogen and oxygen atoms in total. The van der Waals surface area contributed by atoms with Gasteiger partial charge in [-0.25, -0.2) is 72.8 Å². The Morgan fingerprint density at radius 3 is 1.23 bits per heavy atom. The maximum atomic E-state index is 2.24. The van der Waals surface area contributed by atoms with Gasteiger partial charge in [0, 0.05) is 0 Å². The number of rotatable bonds is 4. The maximum absolute atomic E-state index is 2.24. The summed E-state index contributed by atoms with van der Waals surface area (Å²) in [6.45, 7) is 0.